The Kier molecular flexibility index (Phi) is 16.4. The molecule has 0 aliphatic rings. The zero-order chi connectivity index (χ0) is 28.4. The molecule has 0 aliphatic carbocycles. The van der Waals surface area contributed by atoms with Crippen molar-refractivity contribution >= 4 is 100 Å². The van der Waals surface area contributed by atoms with Crippen molar-refractivity contribution in [1.29, 1.82) is 0 Å². The van der Waals surface area contributed by atoms with E-state index in [0.29, 0.717) is 40.7 Å². The third-order valence-corrected chi connectivity index (χ3v) is 8.40. The molecule has 4 aromatic rings. The minimum absolute atomic E-state index is 0. The zero-order valence-corrected chi connectivity index (χ0v) is 28.4. The normalized spacial score (nSPS) is 9.72. The number of ether oxygens (including phenoxy) is 2. The van der Waals surface area contributed by atoms with Gasteiger partial charge in [-0.3, -0.25) is 0 Å². The van der Waals surface area contributed by atoms with Crippen LogP contribution in [0.5, 0.6) is 11.5 Å². The predicted octanol–water partition coefficient (Wildman–Crippen LogP) is 8.46. The molecule has 0 aromatic heterocycles. The van der Waals surface area contributed by atoms with Gasteiger partial charge in [-0.25, -0.2) is 8.78 Å². The van der Waals surface area contributed by atoms with Gasteiger partial charge in [0.05, 0.1) is 17.8 Å². The van der Waals surface area contributed by atoms with Crippen molar-refractivity contribution in [3.63, 3.8) is 0 Å². The molecular formula is C26H22BBr2Cl2F2IO4P-. The van der Waals surface area contributed by atoms with Crippen molar-refractivity contribution in [3.05, 3.63) is 107 Å². The van der Waals surface area contributed by atoms with E-state index < -0.39 is 7.12 Å². The van der Waals surface area contributed by atoms with Crippen LogP contribution in [-0.2, 0) is 0 Å². The van der Waals surface area contributed by atoms with Crippen LogP contribution in [-0.4, -0.2) is 31.4 Å². The number of hydrogen-bond acceptors (Lipinski definition) is 4. The van der Waals surface area contributed by atoms with Gasteiger partial charge in [0.1, 0.15) is 23.1 Å². The fraction of sp³-hybridized carbons (Fsp3) is 0.0769. The molecule has 0 atom stereocenters. The summed E-state index contributed by atoms with van der Waals surface area (Å²) >= 11 is 20.1. The van der Waals surface area contributed by atoms with Crippen molar-refractivity contribution in [3.8, 4) is 22.6 Å². The quantitative estimate of drug-likeness (QED) is 0.0939. The molecule has 0 spiro atoms. The Balaban J connectivity index is 0.000000305. The highest BCUT2D eigenvalue weighted by atomic mass is 127. The van der Waals surface area contributed by atoms with Gasteiger partial charge in [-0.05, 0) is 99.2 Å². The van der Waals surface area contributed by atoms with Crippen LogP contribution >= 0.6 is 87.6 Å². The van der Waals surface area contributed by atoms with Crippen LogP contribution in [0.1, 0.15) is 0 Å². The SMILES string of the molecule is COc1ccc(Cl)cc1-c1c(F)cccc1Br.COc1ccc(Cl)cc1B(O)O.Fc1cccc(Br)c1I.[PH2-]. The fourth-order valence-electron chi connectivity index (χ4n) is 3.02. The molecule has 0 fully saturated rings. The van der Waals surface area contributed by atoms with Crippen LogP contribution in [0, 0.1) is 15.2 Å². The summed E-state index contributed by atoms with van der Waals surface area (Å²) in [6.07, 6.45) is 0. The molecule has 4 nitrogen and oxygen atoms in total. The number of halogens is 7. The number of rotatable bonds is 4. The summed E-state index contributed by atoms with van der Waals surface area (Å²) in [6, 6.07) is 19.5. The highest BCUT2D eigenvalue weighted by Gasteiger charge is 2.17. The predicted molar refractivity (Wildman–Crippen MR) is 175 cm³/mol. The maximum absolute atomic E-state index is 13.9. The van der Waals surface area contributed by atoms with Gasteiger partial charge >= 0.3 is 7.12 Å². The van der Waals surface area contributed by atoms with Crippen molar-refractivity contribution in [2.75, 3.05) is 14.2 Å². The lowest BCUT2D eigenvalue weighted by Crippen LogP contribution is -2.31. The van der Waals surface area contributed by atoms with Gasteiger partial charge in [0.2, 0.25) is 0 Å². The molecule has 0 radical (unpaired) electrons. The lowest BCUT2D eigenvalue weighted by molar-refractivity contribution is 0.403. The van der Waals surface area contributed by atoms with Gasteiger partial charge in [-0.15, -0.1) is 0 Å². The van der Waals surface area contributed by atoms with Crippen molar-refractivity contribution in [1.82, 2.24) is 0 Å². The lowest BCUT2D eigenvalue weighted by atomic mass is 9.79. The van der Waals surface area contributed by atoms with Gasteiger partial charge in [-0.1, -0.05) is 51.3 Å². The third kappa shape index (κ3) is 10.7. The lowest BCUT2D eigenvalue weighted by Gasteiger charge is -2.11. The maximum atomic E-state index is 13.9. The van der Waals surface area contributed by atoms with E-state index in [9.17, 15) is 8.78 Å². The van der Waals surface area contributed by atoms with Crippen LogP contribution in [0.2, 0.25) is 10.0 Å². The highest BCUT2D eigenvalue weighted by Crippen LogP contribution is 2.38. The van der Waals surface area contributed by atoms with E-state index >= 15 is 0 Å². The minimum Gasteiger partial charge on any atom is -0.577 e. The molecule has 0 amide bonds. The van der Waals surface area contributed by atoms with Gasteiger partial charge < -0.3 is 29.4 Å². The summed E-state index contributed by atoms with van der Waals surface area (Å²) in [7, 11) is 1.44. The summed E-state index contributed by atoms with van der Waals surface area (Å²) in [5.74, 6) is 0.500. The van der Waals surface area contributed by atoms with Crippen LogP contribution in [0.4, 0.5) is 8.78 Å². The minimum atomic E-state index is -1.56. The molecule has 0 saturated carbocycles. The smallest absolute Gasteiger partial charge is 0.492 e. The largest absolute Gasteiger partial charge is 0.577 e. The van der Waals surface area contributed by atoms with Crippen molar-refractivity contribution < 1.29 is 28.3 Å². The molecule has 0 unspecified atom stereocenters. The van der Waals surface area contributed by atoms with E-state index in [1.807, 2.05) is 28.7 Å². The summed E-state index contributed by atoms with van der Waals surface area (Å²) in [5.41, 5.74) is 1.35. The standard InChI is InChI=1S/C13H9BrClFO.C7H8BClO3.C6H3BrFI.H2P/c1-17-12-6-5-8(15)7-9(12)13-10(14)3-2-4-11(13)16;1-12-7-3-2-5(9)4-6(7)8(10)11;7-4-2-1-3-5(8)6(4)9;/h2-7H,1H3;2-4,10-11H,1H3;1-3H;1H2/q;;;-1. The molecule has 13 heteroatoms. The highest BCUT2D eigenvalue weighted by molar-refractivity contribution is 14.1. The summed E-state index contributed by atoms with van der Waals surface area (Å²) in [4.78, 5) is 0. The summed E-state index contributed by atoms with van der Waals surface area (Å²) in [5, 5.41) is 18.7. The Labute approximate surface area is 270 Å². The molecule has 0 saturated heterocycles. The molecule has 2 N–H and O–H groups in total. The summed E-state index contributed by atoms with van der Waals surface area (Å²) in [6.45, 7) is 0. The molecule has 39 heavy (non-hydrogen) atoms. The van der Waals surface area contributed by atoms with E-state index in [1.54, 1.807) is 55.6 Å². The monoisotopic (exact) mass is 833 g/mol. The topological polar surface area (TPSA) is 58.9 Å². The Bertz CT molecular complexity index is 1350. The second kappa shape index (κ2) is 17.8. The number of methoxy groups -OCH3 is 2. The first-order valence-corrected chi connectivity index (χ1v) is 14.0. The molecule has 0 bridgehead atoms. The second-order valence-corrected chi connectivity index (χ2v) is 10.9. The van der Waals surface area contributed by atoms with E-state index in [1.165, 1.54) is 25.3 Å². The third-order valence-electron chi connectivity index (χ3n) is 4.77. The Morgan fingerprint density at radius 2 is 1.28 bits per heavy atom. The number of benzene rings is 4. The van der Waals surface area contributed by atoms with Gasteiger partial charge in [0, 0.05) is 35.6 Å². The molecule has 0 heterocycles. The average Bonchev–Trinajstić information content (AvgIpc) is 2.88. The van der Waals surface area contributed by atoms with Crippen LogP contribution in [0.15, 0.2) is 81.7 Å². The van der Waals surface area contributed by atoms with E-state index in [-0.39, 0.29) is 27.0 Å². The molecule has 4 rings (SSSR count). The van der Waals surface area contributed by atoms with Gasteiger partial charge in [-0.2, -0.15) is 0 Å². The summed E-state index contributed by atoms with van der Waals surface area (Å²) < 4.78 is 38.6. The molecule has 208 valence electrons. The molecule has 0 aliphatic heterocycles. The van der Waals surface area contributed by atoms with E-state index in [4.69, 9.17) is 42.7 Å². The fourth-order valence-corrected chi connectivity index (χ4v) is 4.62. The molecule has 4 aromatic carbocycles. The Hall–Kier alpha value is -0.975. The Morgan fingerprint density at radius 1 is 0.769 bits per heavy atom. The first kappa shape index (κ1) is 36.1. The van der Waals surface area contributed by atoms with E-state index in [0.717, 1.165) is 4.47 Å². The first-order valence-electron chi connectivity index (χ1n) is 10.6. The number of hydrogen-bond donors (Lipinski definition) is 2. The van der Waals surface area contributed by atoms with Crippen molar-refractivity contribution in [2.24, 2.45) is 0 Å². The zero-order valence-electron chi connectivity index (χ0n) is 20.4. The van der Waals surface area contributed by atoms with E-state index in [2.05, 4.69) is 31.9 Å². The first-order chi connectivity index (χ1) is 18.0. The van der Waals surface area contributed by atoms with Gasteiger partial charge in [0.15, 0.2) is 0 Å². The average molecular weight is 836 g/mol. The van der Waals surface area contributed by atoms with Crippen molar-refractivity contribution in [2.45, 2.75) is 0 Å². The second-order valence-electron chi connectivity index (χ2n) is 7.24. The molecular weight excluding hydrogens is 814 g/mol. The maximum Gasteiger partial charge on any atom is 0.492 e. The van der Waals surface area contributed by atoms with Crippen LogP contribution in [0.25, 0.3) is 11.1 Å². The van der Waals surface area contributed by atoms with Gasteiger partial charge in [0.25, 0.3) is 0 Å². The van der Waals surface area contributed by atoms with Crippen LogP contribution < -0.4 is 14.9 Å². The Morgan fingerprint density at radius 3 is 1.77 bits per heavy atom. The van der Waals surface area contributed by atoms with Crippen LogP contribution in [0.3, 0.4) is 0 Å².